The minimum Gasteiger partial charge on any atom is -0.464 e. The predicted octanol–water partition coefficient (Wildman–Crippen LogP) is 5.04. The summed E-state index contributed by atoms with van der Waals surface area (Å²) in [6, 6.07) is 8.66. The molecule has 6 nitrogen and oxygen atoms in total. The van der Waals surface area contributed by atoms with E-state index in [-0.39, 0.29) is 12.5 Å². The van der Waals surface area contributed by atoms with Gasteiger partial charge in [0.2, 0.25) is 5.60 Å². The van der Waals surface area contributed by atoms with E-state index in [9.17, 15) is 14.9 Å². The molecule has 146 valence electrons. The van der Waals surface area contributed by atoms with E-state index in [0.29, 0.717) is 18.4 Å². The Labute approximate surface area is 156 Å². The van der Waals surface area contributed by atoms with Crippen molar-refractivity contribution in [2.24, 2.45) is 5.92 Å². The van der Waals surface area contributed by atoms with Gasteiger partial charge < -0.3 is 4.74 Å². The van der Waals surface area contributed by atoms with E-state index in [4.69, 9.17) is 9.57 Å². The van der Waals surface area contributed by atoms with Gasteiger partial charge in [-0.3, -0.25) is 4.84 Å². The highest BCUT2D eigenvalue weighted by molar-refractivity contribution is 5.81. The SMILES string of the molecule is CCCCCCCOC(=O)C(O[N+](=O)[O-])(c1ccccc1)C(CC)CC. The zero-order chi connectivity index (χ0) is 19.4. The zero-order valence-corrected chi connectivity index (χ0v) is 16.1. The number of hydrogen-bond acceptors (Lipinski definition) is 5. The third kappa shape index (κ3) is 5.71. The van der Waals surface area contributed by atoms with Crippen molar-refractivity contribution in [3.63, 3.8) is 0 Å². The number of esters is 1. The first kappa shape index (κ1) is 21.9. The van der Waals surface area contributed by atoms with Gasteiger partial charge in [0, 0.05) is 5.92 Å². The van der Waals surface area contributed by atoms with Gasteiger partial charge in [0.05, 0.1) is 6.61 Å². The summed E-state index contributed by atoms with van der Waals surface area (Å²) in [6.07, 6.45) is 6.23. The molecule has 1 aromatic carbocycles. The molecule has 0 N–H and O–H groups in total. The average molecular weight is 365 g/mol. The fraction of sp³-hybridized carbons (Fsp3) is 0.650. The molecule has 0 saturated heterocycles. The van der Waals surface area contributed by atoms with Crippen molar-refractivity contribution in [3.05, 3.63) is 46.0 Å². The Bertz CT molecular complexity index is 544. The number of benzene rings is 1. The van der Waals surface area contributed by atoms with E-state index in [2.05, 4.69) is 6.92 Å². The first-order valence-corrected chi connectivity index (χ1v) is 9.59. The van der Waals surface area contributed by atoms with E-state index in [1.54, 1.807) is 30.3 Å². The lowest BCUT2D eigenvalue weighted by Gasteiger charge is -2.36. The molecule has 0 aromatic heterocycles. The number of unbranched alkanes of at least 4 members (excludes halogenated alkanes) is 4. The molecule has 6 heteroatoms. The van der Waals surface area contributed by atoms with Crippen LogP contribution in [0.2, 0.25) is 0 Å². The highest BCUT2D eigenvalue weighted by Gasteiger charge is 2.51. The van der Waals surface area contributed by atoms with E-state index < -0.39 is 16.7 Å². The Balaban J connectivity index is 3.05. The number of carbonyl (C=O) groups excluding carboxylic acids is 1. The molecule has 1 atom stereocenters. The van der Waals surface area contributed by atoms with Crippen LogP contribution >= 0.6 is 0 Å². The zero-order valence-electron chi connectivity index (χ0n) is 16.1. The fourth-order valence-corrected chi connectivity index (χ4v) is 3.33. The quantitative estimate of drug-likeness (QED) is 0.212. The monoisotopic (exact) mass is 365 g/mol. The molecule has 0 aliphatic heterocycles. The fourth-order valence-electron chi connectivity index (χ4n) is 3.33. The largest absolute Gasteiger partial charge is 0.464 e. The van der Waals surface area contributed by atoms with Gasteiger partial charge in [0.15, 0.2) is 0 Å². The van der Waals surface area contributed by atoms with Crippen molar-refractivity contribution in [3.8, 4) is 0 Å². The van der Waals surface area contributed by atoms with Gasteiger partial charge in [-0.1, -0.05) is 76.8 Å². The summed E-state index contributed by atoms with van der Waals surface area (Å²) in [7, 11) is 0. The molecule has 0 bridgehead atoms. The Morgan fingerprint density at radius 2 is 1.69 bits per heavy atom. The lowest BCUT2D eigenvalue weighted by Crippen LogP contribution is -2.48. The molecule has 0 spiro atoms. The Morgan fingerprint density at radius 3 is 2.23 bits per heavy atom. The van der Waals surface area contributed by atoms with E-state index in [1.165, 1.54) is 0 Å². The van der Waals surface area contributed by atoms with Crippen LogP contribution in [-0.2, 0) is 20.0 Å². The normalized spacial score (nSPS) is 13.2. The highest BCUT2D eigenvalue weighted by Crippen LogP contribution is 2.39. The summed E-state index contributed by atoms with van der Waals surface area (Å²) < 4.78 is 5.46. The predicted molar refractivity (Wildman–Crippen MR) is 100.0 cm³/mol. The number of ether oxygens (including phenoxy) is 1. The maximum Gasteiger partial charge on any atom is 0.343 e. The minimum atomic E-state index is -1.72. The summed E-state index contributed by atoms with van der Waals surface area (Å²) in [6.45, 7) is 6.18. The third-order valence-electron chi connectivity index (χ3n) is 4.77. The van der Waals surface area contributed by atoms with Gasteiger partial charge in [-0.05, 0) is 24.8 Å². The molecule has 0 fully saturated rings. The van der Waals surface area contributed by atoms with E-state index in [1.807, 2.05) is 13.8 Å². The Kier molecular flexibility index (Phi) is 9.70. The second-order valence-electron chi connectivity index (χ2n) is 6.48. The average Bonchev–Trinajstić information content (AvgIpc) is 2.64. The molecule has 0 aliphatic carbocycles. The molecular formula is C20H31NO5. The second-order valence-corrected chi connectivity index (χ2v) is 6.48. The van der Waals surface area contributed by atoms with Crippen LogP contribution in [0.1, 0.15) is 71.3 Å². The van der Waals surface area contributed by atoms with E-state index >= 15 is 0 Å². The Morgan fingerprint density at radius 1 is 1.08 bits per heavy atom. The van der Waals surface area contributed by atoms with Crippen LogP contribution in [0.4, 0.5) is 0 Å². The third-order valence-corrected chi connectivity index (χ3v) is 4.77. The lowest BCUT2D eigenvalue weighted by molar-refractivity contribution is -0.782. The summed E-state index contributed by atoms with van der Waals surface area (Å²) in [5.74, 6) is -1.03. The first-order valence-electron chi connectivity index (χ1n) is 9.59. The number of rotatable bonds is 13. The van der Waals surface area contributed by atoms with Gasteiger partial charge in [0.25, 0.3) is 5.09 Å². The topological polar surface area (TPSA) is 78.7 Å². The van der Waals surface area contributed by atoms with Crippen LogP contribution in [0.3, 0.4) is 0 Å². The van der Waals surface area contributed by atoms with Crippen molar-refractivity contribution < 1.29 is 19.5 Å². The van der Waals surface area contributed by atoms with Gasteiger partial charge in [-0.15, -0.1) is 10.1 Å². The number of carbonyl (C=O) groups is 1. The van der Waals surface area contributed by atoms with Crippen LogP contribution in [0, 0.1) is 16.0 Å². The molecular weight excluding hydrogens is 334 g/mol. The summed E-state index contributed by atoms with van der Waals surface area (Å²) in [5.41, 5.74) is -1.26. The minimum absolute atomic E-state index is 0.248. The first-order chi connectivity index (χ1) is 12.5. The maximum atomic E-state index is 13.0. The number of nitrogens with zero attached hydrogens (tertiary/aromatic N) is 1. The van der Waals surface area contributed by atoms with Crippen LogP contribution < -0.4 is 0 Å². The van der Waals surface area contributed by atoms with Crippen molar-refractivity contribution >= 4 is 5.97 Å². The van der Waals surface area contributed by atoms with Gasteiger partial charge in [-0.25, -0.2) is 4.79 Å². The molecule has 1 unspecified atom stereocenters. The molecule has 0 radical (unpaired) electrons. The van der Waals surface area contributed by atoms with Crippen molar-refractivity contribution in [2.75, 3.05) is 6.61 Å². The second kappa shape index (κ2) is 11.5. The standard InChI is InChI=1S/C20H31NO5/c1-4-7-8-9-13-16-25-19(22)20(26-21(23)24,17(5-2)6-3)18-14-11-10-12-15-18/h10-12,14-15,17H,4-9,13,16H2,1-3H3. The Hall–Kier alpha value is -2.11. The van der Waals surface area contributed by atoms with Gasteiger partial charge >= 0.3 is 5.97 Å². The molecule has 0 aliphatic rings. The summed E-state index contributed by atoms with van der Waals surface area (Å²) in [4.78, 5) is 29.3. The molecule has 0 saturated carbocycles. The molecule has 0 heterocycles. The van der Waals surface area contributed by atoms with E-state index in [0.717, 1.165) is 32.1 Å². The van der Waals surface area contributed by atoms with Crippen LogP contribution in [0.15, 0.2) is 30.3 Å². The number of hydrogen-bond donors (Lipinski definition) is 0. The molecule has 0 amide bonds. The lowest BCUT2D eigenvalue weighted by atomic mass is 9.78. The van der Waals surface area contributed by atoms with Crippen LogP contribution in [-0.4, -0.2) is 17.7 Å². The van der Waals surface area contributed by atoms with Crippen molar-refractivity contribution in [1.82, 2.24) is 0 Å². The summed E-state index contributed by atoms with van der Waals surface area (Å²) >= 11 is 0. The molecule has 26 heavy (non-hydrogen) atoms. The van der Waals surface area contributed by atoms with Crippen LogP contribution in [0.5, 0.6) is 0 Å². The van der Waals surface area contributed by atoms with Gasteiger partial charge in [-0.2, -0.15) is 0 Å². The van der Waals surface area contributed by atoms with Crippen LogP contribution in [0.25, 0.3) is 0 Å². The molecule has 1 aromatic rings. The van der Waals surface area contributed by atoms with Crippen molar-refractivity contribution in [2.45, 2.75) is 71.3 Å². The van der Waals surface area contributed by atoms with Gasteiger partial charge in [0.1, 0.15) is 0 Å². The van der Waals surface area contributed by atoms with Crippen molar-refractivity contribution in [1.29, 1.82) is 0 Å². The summed E-state index contributed by atoms with van der Waals surface area (Å²) in [5, 5.41) is 10.4. The molecule has 1 rings (SSSR count). The highest BCUT2D eigenvalue weighted by atomic mass is 17.0. The maximum absolute atomic E-state index is 13.0. The smallest absolute Gasteiger partial charge is 0.343 e.